The number of carbonyl (C=O) groups excluding carboxylic acids is 1. The molecule has 1 aromatic rings. The Balaban J connectivity index is 3.44. The second kappa shape index (κ2) is 5.96. The Morgan fingerprint density at radius 2 is 2.00 bits per heavy atom. The fourth-order valence-corrected chi connectivity index (χ4v) is 1.69. The molecular weight excluding hydrogens is 308 g/mol. The molecule has 0 amide bonds. The Labute approximate surface area is 111 Å². The van der Waals surface area contributed by atoms with Gasteiger partial charge in [0.2, 0.25) is 0 Å². The summed E-state index contributed by atoms with van der Waals surface area (Å²) in [6, 6.07) is 0. The SMILES string of the molecule is COCCn1c(=O)c(Br)c(C)n(OC(C)=O)c1=O. The van der Waals surface area contributed by atoms with Gasteiger partial charge < -0.3 is 9.57 Å². The lowest BCUT2D eigenvalue weighted by molar-refractivity contribution is -0.142. The highest BCUT2D eigenvalue weighted by Crippen LogP contribution is 2.07. The van der Waals surface area contributed by atoms with Crippen LogP contribution in [0.15, 0.2) is 14.1 Å². The molecule has 1 heterocycles. The van der Waals surface area contributed by atoms with Gasteiger partial charge in [0.1, 0.15) is 4.47 Å². The Hall–Kier alpha value is -1.41. The normalized spacial score (nSPS) is 10.4. The van der Waals surface area contributed by atoms with Gasteiger partial charge in [0.15, 0.2) is 0 Å². The molecule has 0 atom stereocenters. The minimum absolute atomic E-state index is 0.0777. The average Bonchev–Trinajstić information content (AvgIpc) is 2.32. The van der Waals surface area contributed by atoms with Gasteiger partial charge in [-0.3, -0.25) is 9.36 Å². The molecule has 0 aliphatic heterocycles. The molecule has 0 unspecified atom stereocenters. The molecule has 0 N–H and O–H groups in total. The molecule has 100 valence electrons. The van der Waals surface area contributed by atoms with Crippen LogP contribution in [0.2, 0.25) is 0 Å². The second-order valence-electron chi connectivity index (χ2n) is 3.51. The van der Waals surface area contributed by atoms with E-state index in [1.165, 1.54) is 21.0 Å². The van der Waals surface area contributed by atoms with Crippen LogP contribution in [-0.4, -0.2) is 29.0 Å². The number of aromatic nitrogens is 2. The number of hydrogen-bond donors (Lipinski definition) is 0. The maximum atomic E-state index is 12.0. The summed E-state index contributed by atoms with van der Waals surface area (Å²) in [6.07, 6.45) is 0. The van der Waals surface area contributed by atoms with Crippen LogP contribution in [0.3, 0.4) is 0 Å². The van der Waals surface area contributed by atoms with E-state index in [1.54, 1.807) is 0 Å². The third-order valence-electron chi connectivity index (χ3n) is 2.20. The summed E-state index contributed by atoms with van der Waals surface area (Å²) in [7, 11) is 1.46. The zero-order valence-electron chi connectivity index (χ0n) is 10.2. The molecular formula is C10H13BrN2O5. The van der Waals surface area contributed by atoms with Crippen LogP contribution >= 0.6 is 15.9 Å². The van der Waals surface area contributed by atoms with E-state index in [1.807, 2.05) is 0 Å². The van der Waals surface area contributed by atoms with E-state index in [0.717, 1.165) is 9.30 Å². The standard InChI is InChI=1S/C10H13BrN2O5/c1-6-8(11)9(15)12(4-5-17-3)10(16)13(6)18-7(2)14/h4-5H2,1-3H3. The highest BCUT2D eigenvalue weighted by Gasteiger charge is 2.16. The molecule has 0 aliphatic rings. The molecule has 0 saturated heterocycles. The maximum absolute atomic E-state index is 12.0. The van der Waals surface area contributed by atoms with E-state index < -0.39 is 17.2 Å². The van der Waals surface area contributed by atoms with Gasteiger partial charge in [0, 0.05) is 14.0 Å². The fourth-order valence-electron chi connectivity index (χ4n) is 1.32. The van der Waals surface area contributed by atoms with Crippen molar-refractivity contribution in [2.24, 2.45) is 0 Å². The summed E-state index contributed by atoms with van der Waals surface area (Å²) in [6.45, 7) is 2.94. The maximum Gasteiger partial charge on any atom is 0.364 e. The van der Waals surface area contributed by atoms with Gasteiger partial charge in [-0.15, -0.1) is 4.73 Å². The summed E-state index contributed by atoms with van der Waals surface area (Å²) in [5, 5.41) is 0. The van der Waals surface area contributed by atoms with Gasteiger partial charge in [-0.2, -0.15) is 0 Å². The van der Waals surface area contributed by atoms with Crippen molar-refractivity contribution >= 4 is 21.9 Å². The highest BCUT2D eigenvalue weighted by molar-refractivity contribution is 9.10. The van der Waals surface area contributed by atoms with Crippen molar-refractivity contribution in [1.82, 2.24) is 9.30 Å². The zero-order chi connectivity index (χ0) is 13.9. The van der Waals surface area contributed by atoms with Crippen LogP contribution in [-0.2, 0) is 16.1 Å². The van der Waals surface area contributed by atoms with E-state index in [2.05, 4.69) is 15.9 Å². The number of carbonyl (C=O) groups is 1. The molecule has 0 bridgehead atoms. The van der Waals surface area contributed by atoms with Crippen molar-refractivity contribution < 1.29 is 14.4 Å². The van der Waals surface area contributed by atoms with E-state index in [4.69, 9.17) is 9.57 Å². The van der Waals surface area contributed by atoms with E-state index in [9.17, 15) is 14.4 Å². The zero-order valence-corrected chi connectivity index (χ0v) is 11.8. The van der Waals surface area contributed by atoms with Crippen molar-refractivity contribution in [1.29, 1.82) is 0 Å². The van der Waals surface area contributed by atoms with Crippen LogP contribution in [0.25, 0.3) is 0 Å². The molecule has 0 radical (unpaired) electrons. The summed E-state index contributed by atoms with van der Waals surface area (Å²) >= 11 is 3.07. The molecule has 7 nitrogen and oxygen atoms in total. The van der Waals surface area contributed by atoms with Crippen molar-refractivity contribution in [3.05, 3.63) is 31.0 Å². The van der Waals surface area contributed by atoms with Crippen LogP contribution < -0.4 is 16.1 Å². The molecule has 0 aromatic carbocycles. The predicted octanol–water partition coefficient (Wildman–Crippen LogP) is -0.298. The van der Waals surface area contributed by atoms with Gasteiger partial charge >= 0.3 is 11.7 Å². The Morgan fingerprint density at radius 1 is 1.39 bits per heavy atom. The quantitative estimate of drug-likeness (QED) is 0.761. The lowest BCUT2D eigenvalue weighted by atomic mass is 10.4. The fraction of sp³-hybridized carbons (Fsp3) is 0.500. The van der Waals surface area contributed by atoms with Crippen LogP contribution in [0.1, 0.15) is 12.6 Å². The third kappa shape index (κ3) is 2.88. The van der Waals surface area contributed by atoms with Crippen molar-refractivity contribution in [3.8, 4) is 0 Å². The van der Waals surface area contributed by atoms with E-state index in [-0.39, 0.29) is 23.3 Å². The van der Waals surface area contributed by atoms with E-state index >= 15 is 0 Å². The number of methoxy groups -OCH3 is 1. The van der Waals surface area contributed by atoms with Gasteiger partial charge in [-0.05, 0) is 22.9 Å². The second-order valence-corrected chi connectivity index (χ2v) is 4.30. The number of ether oxygens (including phenoxy) is 1. The highest BCUT2D eigenvalue weighted by atomic mass is 79.9. The largest absolute Gasteiger partial charge is 0.383 e. The van der Waals surface area contributed by atoms with E-state index in [0.29, 0.717) is 0 Å². The Bertz CT molecular complexity index is 575. The molecule has 1 rings (SSSR count). The van der Waals surface area contributed by atoms with Crippen LogP contribution in [0, 0.1) is 6.92 Å². The first kappa shape index (κ1) is 14.7. The first-order valence-electron chi connectivity index (χ1n) is 5.10. The monoisotopic (exact) mass is 320 g/mol. The third-order valence-corrected chi connectivity index (χ3v) is 3.11. The minimum Gasteiger partial charge on any atom is -0.383 e. The summed E-state index contributed by atoms with van der Waals surface area (Å²) in [5.74, 6) is -0.649. The molecule has 0 spiro atoms. The average molecular weight is 321 g/mol. The number of hydrogen-bond acceptors (Lipinski definition) is 5. The Kier molecular flexibility index (Phi) is 4.85. The first-order chi connectivity index (χ1) is 8.40. The Morgan fingerprint density at radius 3 is 2.50 bits per heavy atom. The summed E-state index contributed by atoms with van der Waals surface area (Å²) < 4.78 is 6.70. The predicted molar refractivity (Wildman–Crippen MR) is 66.5 cm³/mol. The van der Waals surface area contributed by atoms with Gasteiger partial charge in [-0.1, -0.05) is 0 Å². The summed E-state index contributed by atoms with van der Waals surface area (Å²) in [5.41, 5.74) is -0.972. The topological polar surface area (TPSA) is 79.5 Å². The summed E-state index contributed by atoms with van der Waals surface area (Å²) in [4.78, 5) is 39.5. The molecule has 18 heavy (non-hydrogen) atoms. The molecule has 0 saturated carbocycles. The van der Waals surface area contributed by atoms with Crippen molar-refractivity contribution in [3.63, 3.8) is 0 Å². The lowest BCUT2D eigenvalue weighted by Crippen LogP contribution is -2.45. The number of rotatable bonds is 4. The minimum atomic E-state index is -0.715. The first-order valence-corrected chi connectivity index (χ1v) is 5.89. The number of halogens is 1. The van der Waals surface area contributed by atoms with Gasteiger partial charge in [0.25, 0.3) is 5.56 Å². The number of nitrogens with zero attached hydrogens (tertiary/aromatic N) is 2. The van der Waals surface area contributed by atoms with Crippen molar-refractivity contribution in [2.45, 2.75) is 20.4 Å². The van der Waals surface area contributed by atoms with Gasteiger partial charge in [-0.25, -0.2) is 9.59 Å². The molecule has 1 aromatic heterocycles. The van der Waals surface area contributed by atoms with Crippen LogP contribution in [0.5, 0.6) is 0 Å². The molecule has 0 fully saturated rings. The smallest absolute Gasteiger partial charge is 0.364 e. The lowest BCUT2D eigenvalue weighted by Gasteiger charge is -2.12. The van der Waals surface area contributed by atoms with Gasteiger partial charge in [0.05, 0.1) is 18.8 Å². The van der Waals surface area contributed by atoms with Crippen LogP contribution in [0.4, 0.5) is 0 Å². The van der Waals surface area contributed by atoms with Crippen molar-refractivity contribution in [2.75, 3.05) is 13.7 Å². The molecule has 0 aliphatic carbocycles. The molecule has 8 heteroatoms.